The fraction of sp³-hybridized carbons (Fsp3) is 0.280. The maximum Gasteiger partial charge on any atom is 0.118 e. The molecule has 4 rings (SSSR count). The second-order valence-corrected chi connectivity index (χ2v) is 7.68. The Labute approximate surface area is 176 Å². The average molecular weight is 407 g/mol. The van der Waals surface area contributed by atoms with Gasteiger partial charge in [-0.2, -0.15) is 0 Å². The number of likely N-dealkylation sites (N-methyl/N-ethyl adjacent to an activating group) is 1. The van der Waals surface area contributed by atoms with Gasteiger partial charge in [0.1, 0.15) is 11.6 Å². The number of rotatable bonds is 7. The number of aromatic nitrogens is 1. The molecule has 2 N–H and O–H groups in total. The molecule has 1 aliphatic rings. The molecule has 3 atom stereocenters. The molecule has 5 heteroatoms. The Bertz CT molecular complexity index is 1070. The average Bonchev–Trinajstić information content (AvgIpc) is 3.14. The van der Waals surface area contributed by atoms with Crippen molar-refractivity contribution in [2.24, 2.45) is 5.92 Å². The Morgan fingerprint density at radius 3 is 2.67 bits per heavy atom. The van der Waals surface area contributed by atoms with Crippen LogP contribution < -0.4 is 10.1 Å². The van der Waals surface area contributed by atoms with Gasteiger partial charge in [0.2, 0.25) is 0 Å². The molecule has 0 aliphatic heterocycles. The largest absolute Gasteiger partial charge is 0.497 e. The van der Waals surface area contributed by atoms with Crippen LogP contribution in [0.3, 0.4) is 0 Å². The standard InChI is InChI=1S/C25H27FN2O2/c1-27-15-24(29)25(18-6-5-7-19(26)14-18)28-16-22(21-8-3-4-9-23(21)28)17-10-12-20(30-2)13-11-17/h3-13,16,18,24-25,27,29H,14-15H2,1-2H3/t18?,24-,25+/m1/s1. The molecule has 1 aliphatic carbocycles. The Morgan fingerprint density at radius 2 is 1.97 bits per heavy atom. The van der Waals surface area contributed by atoms with Crippen LogP contribution in [-0.4, -0.2) is 36.5 Å². The number of methoxy groups -OCH3 is 1. The Kier molecular flexibility index (Phi) is 6.02. The van der Waals surface area contributed by atoms with Gasteiger partial charge in [-0.1, -0.05) is 42.5 Å². The van der Waals surface area contributed by atoms with Gasteiger partial charge in [-0.25, -0.2) is 4.39 Å². The van der Waals surface area contributed by atoms with Crippen molar-refractivity contribution in [2.75, 3.05) is 20.7 Å². The van der Waals surface area contributed by atoms with E-state index in [-0.39, 0.29) is 24.2 Å². The predicted molar refractivity (Wildman–Crippen MR) is 119 cm³/mol. The van der Waals surface area contributed by atoms with Gasteiger partial charge in [0.15, 0.2) is 0 Å². The predicted octanol–water partition coefficient (Wildman–Crippen LogP) is 4.87. The van der Waals surface area contributed by atoms with Crippen LogP contribution in [0.15, 0.2) is 78.8 Å². The van der Waals surface area contributed by atoms with E-state index in [1.54, 1.807) is 13.2 Å². The van der Waals surface area contributed by atoms with Gasteiger partial charge in [-0.05, 0) is 36.9 Å². The molecule has 1 aromatic heterocycles. The van der Waals surface area contributed by atoms with Crippen molar-refractivity contribution in [3.8, 4) is 16.9 Å². The second kappa shape index (κ2) is 8.86. The molecule has 0 saturated carbocycles. The first kappa shape index (κ1) is 20.4. The molecule has 1 unspecified atom stereocenters. The number of halogens is 1. The summed E-state index contributed by atoms with van der Waals surface area (Å²) in [6.07, 6.45) is 6.93. The van der Waals surface area contributed by atoms with Crippen molar-refractivity contribution >= 4 is 10.9 Å². The van der Waals surface area contributed by atoms with Crippen LogP contribution in [0, 0.1) is 5.92 Å². The van der Waals surface area contributed by atoms with E-state index in [1.807, 2.05) is 49.5 Å². The summed E-state index contributed by atoms with van der Waals surface area (Å²) in [6.45, 7) is 0.421. The molecule has 0 spiro atoms. The smallest absolute Gasteiger partial charge is 0.118 e. The number of hydrogen-bond donors (Lipinski definition) is 2. The zero-order valence-electron chi connectivity index (χ0n) is 17.3. The van der Waals surface area contributed by atoms with Crippen molar-refractivity contribution in [1.29, 1.82) is 0 Å². The number of allylic oxidation sites excluding steroid dienone is 4. The van der Waals surface area contributed by atoms with Crippen LogP contribution in [0.4, 0.5) is 4.39 Å². The molecular weight excluding hydrogens is 379 g/mol. The summed E-state index contributed by atoms with van der Waals surface area (Å²) in [6, 6.07) is 15.8. The number of hydrogen-bond acceptors (Lipinski definition) is 3. The number of nitrogens with one attached hydrogen (secondary N) is 1. The van der Waals surface area contributed by atoms with Gasteiger partial charge in [-0.15, -0.1) is 0 Å². The Balaban J connectivity index is 1.84. The highest BCUT2D eigenvalue weighted by atomic mass is 19.1. The van der Waals surface area contributed by atoms with Crippen LogP contribution in [0.5, 0.6) is 5.75 Å². The molecule has 0 fully saturated rings. The lowest BCUT2D eigenvalue weighted by molar-refractivity contribution is 0.0912. The van der Waals surface area contributed by atoms with Gasteiger partial charge in [0.25, 0.3) is 0 Å². The van der Waals surface area contributed by atoms with Crippen LogP contribution in [-0.2, 0) is 0 Å². The molecular formula is C25H27FN2O2. The van der Waals surface area contributed by atoms with E-state index in [1.165, 1.54) is 6.08 Å². The topological polar surface area (TPSA) is 46.4 Å². The fourth-order valence-electron chi connectivity index (χ4n) is 4.36. The summed E-state index contributed by atoms with van der Waals surface area (Å²) < 4.78 is 21.5. The number of benzene rings is 2. The number of fused-ring (bicyclic) bond motifs is 1. The summed E-state index contributed by atoms with van der Waals surface area (Å²) in [5, 5.41) is 15.2. The molecule has 1 heterocycles. The zero-order chi connectivity index (χ0) is 21.1. The lowest BCUT2D eigenvalue weighted by Gasteiger charge is -2.32. The van der Waals surface area contributed by atoms with Crippen LogP contribution >= 0.6 is 0 Å². The van der Waals surface area contributed by atoms with E-state index in [4.69, 9.17) is 4.74 Å². The lowest BCUT2D eigenvalue weighted by Crippen LogP contribution is -2.37. The first-order valence-electron chi connectivity index (χ1n) is 10.2. The molecule has 4 nitrogen and oxygen atoms in total. The van der Waals surface area contributed by atoms with Gasteiger partial charge in [-0.3, -0.25) is 0 Å². The minimum Gasteiger partial charge on any atom is -0.497 e. The van der Waals surface area contributed by atoms with E-state index in [0.29, 0.717) is 6.54 Å². The van der Waals surface area contributed by atoms with Gasteiger partial charge in [0.05, 0.1) is 19.3 Å². The van der Waals surface area contributed by atoms with Crippen LogP contribution in [0.2, 0.25) is 0 Å². The summed E-state index contributed by atoms with van der Waals surface area (Å²) >= 11 is 0. The normalized spacial score (nSPS) is 18.3. The zero-order valence-corrected chi connectivity index (χ0v) is 17.3. The summed E-state index contributed by atoms with van der Waals surface area (Å²) in [5.41, 5.74) is 3.16. The maximum absolute atomic E-state index is 14.1. The fourth-order valence-corrected chi connectivity index (χ4v) is 4.36. The Morgan fingerprint density at radius 1 is 1.20 bits per heavy atom. The summed E-state index contributed by atoms with van der Waals surface area (Å²) in [4.78, 5) is 0. The molecule has 0 saturated heterocycles. The van der Waals surface area contributed by atoms with Crippen LogP contribution in [0.1, 0.15) is 12.5 Å². The van der Waals surface area contributed by atoms with E-state index >= 15 is 0 Å². The van der Waals surface area contributed by atoms with E-state index < -0.39 is 6.10 Å². The molecule has 30 heavy (non-hydrogen) atoms. The number of para-hydroxylation sites is 1. The molecule has 2 aromatic carbocycles. The SMILES string of the molecule is CNC[C@@H](O)[C@H](C1C=CC=C(F)C1)n1cc(-c2ccc(OC)cc2)c2ccccc21. The quantitative estimate of drug-likeness (QED) is 0.589. The number of nitrogens with zero attached hydrogens (tertiary/aromatic N) is 1. The third kappa shape index (κ3) is 3.91. The first-order valence-corrected chi connectivity index (χ1v) is 10.2. The summed E-state index contributed by atoms with van der Waals surface area (Å²) in [7, 11) is 3.47. The van der Waals surface area contributed by atoms with Gasteiger partial charge < -0.3 is 19.7 Å². The highest BCUT2D eigenvalue weighted by molar-refractivity contribution is 5.96. The Hall–Kier alpha value is -2.89. The summed E-state index contributed by atoms with van der Waals surface area (Å²) in [5.74, 6) is 0.508. The minimum absolute atomic E-state index is 0.141. The molecule has 0 radical (unpaired) electrons. The highest BCUT2D eigenvalue weighted by Gasteiger charge is 2.31. The van der Waals surface area contributed by atoms with E-state index in [0.717, 1.165) is 27.8 Å². The van der Waals surface area contributed by atoms with Crippen molar-refractivity contribution in [2.45, 2.75) is 18.6 Å². The molecule has 0 amide bonds. The highest BCUT2D eigenvalue weighted by Crippen LogP contribution is 2.39. The maximum atomic E-state index is 14.1. The molecule has 0 bridgehead atoms. The first-order chi connectivity index (χ1) is 14.6. The van der Waals surface area contributed by atoms with E-state index in [2.05, 4.69) is 28.2 Å². The van der Waals surface area contributed by atoms with Gasteiger partial charge in [0, 0.05) is 41.5 Å². The van der Waals surface area contributed by atoms with Crippen molar-refractivity contribution in [1.82, 2.24) is 9.88 Å². The van der Waals surface area contributed by atoms with Crippen molar-refractivity contribution in [3.05, 3.63) is 78.8 Å². The van der Waals surface area contributed by atoms with Crippen molar-refractivity contribution < 1.29 is 14.2 Å². The third-order valence-electron chi connectivity index (χ3n) is 5.78. The minimum atomic E-state index is -0.671. The van der Waals surface area contributed by atoms with Crippen molar-refractivity contribution in [3.63, 3.8) is 0 Å². The number of ether oxygens (including phenoxy) is 1. The lowest BCUT2D eigenvalue weighted by atomic mass is 9.88. The number of aliphatic hydroxyl groups is 1. The van der Waals surface area contributed by atoms with E-state index in [9.17, 15) is 9.50 Å². The molecule has 3 aromatic rings. The third-order valence-corrected chi connectivity index (χ3v) is 5.78. The monoisotopic (exact) mass is 406 g/mol. The van der Waals surface area contributed by atoms with Crippen LogP contribution in [0.25, 0.3) is 22.0 Å². The molecule has 156 valence electrons. The van der Waals surface area contributed by atoms with Gasteiger partial charge >= 0.3 is 0 Å². The second-order valence-electron chi connectivity index (χ2n) is 7.68. The number of aliphatic hydroxyl groups excluding tert-OH is 1.